The van der Waals surface area contributed by atoms with Crippen LogP contribution in [0.15, 0.2) is 40.9 Å². The van der Waals surface area contributed by atoms with Crippen LogP contribution in [0, 0.1) is 23.4 Å². The Morgan fingerprint density at radius 2 is 1.71 bits per heavy atom. The van der Waals surface area contributed by atoms with Crippen LogP contribution in [0.3, 0.4) is 0 Å². The van der Waals surface area contributed by atoms with Gasteiger partial charge in [0.25, 0.3) is 0 Å². The molecule has 42 heavy (non-hydrogen) atoms. The van der Waals surface area contributed by atoms with Gasteiger partial charge >= 0.3 is 6.18 Å². The molecule has 2 aliphatic rings. The monoisotopic (exact) mass is 632 g/mol. The summed E-state index contributed by atoms with van der Waals surface area (Å²) >= 11 is 1.09. The van der Waals surface area contributed by atoms with E-state index in [1.165, 1.54) is 6.07 Å². The average Bonchev–Trinajstić information content (AvgIpc) is 3.56. The van der Waals surface area contributed by atoms with Crippen molar-refractivity contribution in [2.45, 2.75) is 68.0 Å². The molecule has 2 aromatic heterocycles. The number of hydrogen-bond acceptors (Lipinski definition) is 7. The molecule has 4 atom stereocenters. The Labute approximate surface area is 241 Å². The number of nitrogens with two attached hydrogens (primary N) is 1. The van der Waals surface area contributed by atoms with E-state index in [1.54, 1.807) is 16.3 Å². The number of sulfone groups is 1. The predicted octanol–water partition coefficient (Wildman–Crippen LogP) is 5.14. The molecule has 2 fully saturated rings. The van der Waals surface area contributed by atoms with Gasteiger partial charge in [0.15, 0.2) is 11.6 Å². The minimum absolute atomic E-state index is 0.0240. The fraction of sp³-hybridized carbons (Fsp3) is 0.444. The topological polar surface area (TPSA) is 106 Å². The van der Waals surface area contributed by atoms with E-state index in [0.717, 1.165) is 17.4 Å². The summed E-state index contributed by atoms with van der Waals surface area (Å²) in [4.78, 5) is 22.3. The number of aromatic nitrogens is 2. The number of hydrogen-bond donors (Lipinski definition) is 1. The number of carbonyl (C=O) groups excluding carboxylic acids is 1. The highest BCUT2D eigenvalue weighted by atomic mass is 32.2. The van der Waals surface area contributed by atoms with E-state index in [1.807, 2.05) is 0 Å². The smallest absolute Gasteiger partial charge is 0.337 e. The highest BCUT2D eigenvalue weighted by Crippen LogP contribution is 2.41. The Balaban J connectivity index is 1.25. The number of thiophene rings is 1. The second kappa shape index (κ2) is 11.6. The van der Waals surface area contributed by atoms with Crippen molar-refractivity contribution in [3.05, 3.63) is 64.4 Å². The molecular weight excluding hydrogens is 606 g/mol. The van der Waals surface area contributed by atoms with Crippen molar-refractivity contribution in [1.29, 1.82) is 0 Å². The first-order valence-corrected chi connectivity index (χ1v) is 15.7. The maximum absolute atomic E-state index is 14.1. The van der Waals surface area contributed by atoms with Gasteiger partial charge in [-0.1, -0.05) is 6.07 Å². The van der Waals surface area contributed by atoms with Crippen LogP contribution in [0.4, 0.5) is 26.3 Å². The number of halogens is 6. The van der Waals surface area contributed by atoms with Crippen LogP contribution in [0.2, 0.25) is 0 Å². The zero-order valence-electron chi connectivity index (χ0n) is 22.0. The Kier molecular flexibility index (Phi) is 8.38. The molecule has 5 rings (SSSR count). The molecule has 226 valence electrons. The van der Waals surface area contributed by atoms with Gasteiger partial charge in [0.1, 0.15) is 11.5 Å². The Bertz CT molecular complexity index is 1570. The minimum Gasteiger partial charge on any atom is -0.337 e. The predicted molar refractivity (Wildman–Crippen MR) is 141 cm³/mol. The standard InChI is InChI=1S/C27H26F6N4O3S2/c28-18-12-20(30)19(29)10-14(18)11-21(34)15-8-16-3-4-17(9-15)37(16)25(38)5-7-42(39,40)26-35-22(23-2-1-6-41-23)13-24(36-26)27(31,32)33/h1-2,6,10,12-13,15-17,21H,3-5,7-9,11,34H2/t15?,16-,17+,21-/m1/s1. The van der Waals surface area contributed by atoms with E-state index in [9.17, 15) is 39.6 Å². The van der Waals surface area contributed by atoms with Crippen LogP contribution in [-0.4, -0.2) is 53.1 Å². The lowest BCUT2D eigenvalue weighted by atomic mass is 9.82. The van der Waals surface area contributed by atoms with Crippen LogP contribution in [0.25, 0.3) is 10.6 Å². The molecule has 2 bridgehead atoms. The highest BCUT2D eigenvalue weighted by Gasteiger charge is 2.45. The van der Waals surface area contributed by atoms with Crippen molar-refractivity contribution >= 4 is 27.1 Å². The number of amides is 1. The van der Waals surface area contributed by atoms with Gasteiger partial charge in [0.2, 0.25) is 20.9 Å². The largest absolute Gasteiger partial charge is 0.433 e. The molecule has 0 radical (unpaired) electrons. The zero-order valence-corrected chi connectivity index (χ0v) is 23.6. The number of piperidine rings is 1. The normalized spacial score (nSPS) is 21.5. The fourth-order valence-electron chi connectivity index (χ4n) is 5.82. The third-order valence-corrected chi connectivity index (χ3v) is 10.2. The summed E-state index contributed by atoms with van der Waals surface area (Å²) in [6.45, 7) is 0. The molecule has 2 saturated heterocycles. The quantitative estimate of drug-likeness (QED) is 0.209. The summed E-state index contributed by atoms with van der Waals surface area (Å²) in [5.41, 5.74) is 4.70. The molecular formula is C27H26F6N4O3S2. The van der Waals surface area contributed by atoms with Crippen molar-refractivity contribution < 1.29 is 39.6 Å². The van der Waals surface area contributed by atoms with Crippen molar-refractivity contribution in [2.24, 2.45) is 11.7 Å². The number of alkyl halides is 3. The molecule has 0 aliphatic carbocycles. The van der Waals surface area contributed by atoms with Gasteiger partial charge in [-0.25, -0.2) is 31.6 Å². The van der Waals surface area contributed by atoms with Gasteiger partial charge in [0.05, 0.1) is 16.3 Å². The van der Waals surface area contributed by atoms with Crippen LogP contribution in [0.1, 0.15) is 43.4 Å². The lowest BCUT2D eigenvalue weighted by Gasteiger charge is -2.41. The number of fused-ring (bicyclic) bond motifs is 2. The fourth-order valence-corrected chi connectivity index (χ4v) is 7.61. The zero-order chi connectivity index (χ0) is 30.4. The summed E-state index contributed by atoms with van der Waals surface area (Å²) < 4.78 is 108. The summed E-state index contributed by atoms with van der Waals surface area (Å²) in [5, 5.41) is 0.619. The van der Waals surface area contributed by atoms with Crippen LogP contribution in [-0.2, 0) is 27.2 Å². The first kappa shape index (κ1) is 30.4. The molecule has 0 saturated carbocycles. The third-order valence-electron chi connectivity index (χ3n) is 7.84. The first-order valence-electron chi connectivity index (χ1n) is 13.2. The minimum atomic E-state index is -4.91. The van der Waals surface area contributed by atoms with Gasteiger partial charge in [-0.3, -0.25) is 4.79 Å². The molecule has 0 spiro atoms. The molecule has 2 N–H and O–H groups in total. The van der Waals surface area contributed by atoms with Gasteiger partial charge in [-0.15, -0.1) is 11.3 Å². The number of benzene rings is 1. The van der Waals surface area contributed by atoms with Crippen molar-refractivity contribution in [2.75, 3.05) is 5.75 Å². The van der Waals surface area contributed by atoms with E-state index >= 15 is 0 Å². The van der Waals surface area contributed by atoms with E-state index < -0.39 is 68.4 Å². The molecule has 7 nitrogen and oxygen atoms in total. The SMILES string of the molecule is N[C@H](Cc1cc(F)c(F)cc1F)C1C[C@H]2CC[C@@H](C1)N2C(=O)CCS(=O)(=O)c1nc(-c2cccs2)cc(C(F)(F)F)n1. The number of nitrogens with zero attached hydrogens (tertiary/aromatic N) is 3. The van der Waals surface area contributed by atoms with E-state index in [-0.39, 0.29) is 35.7 Å². The molecule has 1 aromatic carbocycles. The summed E-state index contributed by atoms with van der Waals surface area (Å²) in [6.07, 6.45) is -3.19. The Morgan fingerprint density at radius 1 is 1.05 bits per heavy atom. The number of carbonyl (C=O) groups is 1. The number of rotatable bonds is 8. The highest BCUT2D eigenvalue weighted by molar-refractivity contribution is 7.91. The lowest BCUT2D eigenvalue weighted by molar-refractivity contribution is -0.141. The van der Waals surface area contributed by atoms with Crippen LogP contribution < -0.4 is 5.73 Å². The van der Waals surface area contributed by atoms with E-state index in [2.05, 4.69) is 9.97 Å². The van der Waals surface area contributed by atoms with E-state index in [0.29, 0.717) is 42.7 Å². The molecule has 15 heteroatoms. The van der Waals surface area contributed by atoms with Gasteiger partial charge in [-0.05, 0) is 67.2 Å². The maximum Gasteiger partial charge on any atom is 0.433 e. The van der Waals surface area contributed by atoms with Gasteiger partial charge in [-0.2, -0.15) is 13.2 Å². The summed E-state index contributed by atoms with van der Waals surface area (Å²) in [6, 6.07) is 3.96. The molecule has 1 amide bonds. The van der Waals surface area contributed by atoms with Crippen molar-refractivity contribution in [3.8, 4) is 10.6 Å². The Morgan fingerprint density at radius 3 is 2.33 bits per heavy atom. The lowest BCUT2D eigenvalue weighted by Crippen LogP contribution is -2.50. The second-order valence-corrected chi connectivity index (χ2v) is 13.6. The summed E-state index contributed by atoms with van der Waals surface area (Å²) in [5.74, 6) is -4.74. The average molecular weight is 633 g/mol. The van der Waals surface area contributed by atoms with Crippen LogP contribution in [0.5, 0.6) is 0 Å². The third kappa shape index (κ3) is 6.32. The second-order valence-electron chi connectivity index (χ2n) is 10.6. The van der Waals surface area contributed by atoms with Crippen LogP contribution >= 0.6 is 11.3 Å². The van der Waals surface area contributed by atoms with Gasteiger partial charge in [0, 0.05) is 30.6 Å². The molecule has 4 heterocycles. The molecule has 1 unspecified atom stereocenters. The van der Waals surface area contributed by atoms with E-state index in [4.69, 9.17) is 5.73 Å². The first-order chi connectivity index (χ1) is 19.7. The van der Waals surface area contributed by atoms with Gasteiger partial charge < -0.3 is 10.6 Å². The molecule has 2 aliphatic heterocycles. The van der Waals surface area contributed by atoms with Crippen molar-refractivity contribution in [3.63, 3.8) is 0 Å². The summed E-state index contributed by atoms with van der Waals surface area (Å²) in [7, 11) is -4.45. The molecule has 3 aromatic rings. The van der Waals surface area contributed by atoms with Crippen molar-refractivity contribution in [1.82, 2.24) is 14.9 Å². The maximum atomic E-state index is 14.1. The Hall–Kier alpha value is -3.04.